The molecule has 0 aliphatic rings. The summed E-state index contributed by atoms with van der Waals surface area (Å²) in [6.07, 6.45) is 0. The van der Waals surface area contributed by atoms with Crippen molar-refractivity contribution in [3.05, 3.63) is 29.8 Å². The van der Waals surface area contributed by atoms with E-state index < -0.39 is 0 Å². The van der Waals surface area contributed by atoms with Gasteiger partial charge >= 0.3 is 0 Å². The monoisotopic (exact) mass is 361 g/mol. The lowest BCUT2D eigenvalue weighted by Gasteiger charge is -2.21. The Bertz CT molecular complexity index is 700. The Morgan fingerprint density at radius 2 is 1.76 bits per heavy atom. The summed E-state index contributed by atoms with van der Waals surface area (Å²) in [5.74, 6) is 0.565. The molecule has 1 unspecified atom stereocenters. The van der Waals surface area contributed by atoms with Crippen LogP contribution in [-0.2, 0) is 10.2 Å². The molecule has 0 aliphatic carbocycles. The van der Waals surface area contributed by atoms with Crippen molar-refractivity contribution in [3.8, 4) is 11.5 Å². The Balaban J connectivity index is 2.08. The van der Waals surface area contributed by atoms with E-state index in [2.05, 4.69) is 43.1 Å². The molecule has 2 aromatic rings. The summed E-state index contributed by atoms with van der Waals surface area (Å²) in [5, 5.41) is 8.35. The SMILES string of the molecule is CCN(CC)C(=O)C(C)Sc1nnc(-c2ccc(C(C)(C)C)cc2)o1. The summed E-state index contributed by atoms with van der Waals surface area (Å²) < 4.78 is 5.73. The van der Waals surface area contributed by atoms with Crippen molar-refractivity contribution in [1.29, 1.82) is 0 Å². The van der Waals surface area contributed by atoms with Crippen molar-refractivity contribution in [2.24, 2.45) is 0 Å². The van der Waals surface area contributed by atoms with Crippen molar-refractivity contribution in [1.82, 2.24) is 15.1 Å². The van der Waals surface area contributed by atoms with Crippen molar-refractivity contribution < 1.29 is 9.21 Å². The smallest absolute Gasteiger partial charge is 0.277 e. The Kier molecular flexibility index (Phi) is 6.27. The largest absolute Gasteiger partial charge is 0.411 e. The maximum atomic E-state index is 12.3. The lowest BCUT2D eigenvalue weighted by Crippen LogP contribution is -2.36. The van der Waals surface area contributed by atoms with E-state index in [1.54, 1.807) is 4.90 Å². The minimum Gasteiger partial charge on any atom is -0.411 e. The predicted molar refractivity (Wildman–Crippen MR) is 102 cm³/mol. The maximum Gasteiger partial charge on any atom is 0.277 e. The van der Waals surface area contributed by atoms with E-state index >= 15 is 0 Å². The molecule has 0 spiro atoms. The number of aromatic nitrogens is 2. The van der Waals surface area contributed by atoms with Crippen LogP contribution in [0.5, 0.6) is 0 Å². The highest BCUT2D eigenvalue weighted by atomic mass is 32.2. The maximum absolute atomic E-state index is 12.3. The van der Waals surface area contributed by atoms with Crippen LogP contribution < -0.4 is 0 Å². The third kappa shape index (κ3) is 4.84. The molecule has 136 valence electrons. The van der Waals surface area contributed by atoms with Crippen LogP contribution in [0.25, 0.3) is 11.5 Å². The molecule has 0 radical (unpaired) electrons. The Morgan fingerprint density at radius 1 is 1.16 bits per heavy atom. The molecule has 0 bridgehead atoms. The molecule has 5 nitrogen and oxygen atoms in total. The second-order valence-corrected chi connectivity index (χ2v) is 8.26. The normalized spacial score (nSPS) is 12.9. The number of hydrogen-bond donors (Lipinski definition) is 0. The van der Waals surface area contributed by atoms with Gasteiger partial charge in [-0.15, -0.1) is 10.2 Å². The van der Waals surface area contributed by atoms with Gasteiger partial charge in [0.15, 0.2) is 0 Å². The Hall–Kier alpha value is -1.82. The van der Waals surface area contributed by atoms with Crippen LogP contribution >= 0.6 is 11.8 Å². The molecule has 6 heteroatoms. The number of thioether (sulfide) groups is 1. The summed E-state index contributed by atoms with van der Waals surface area (Å²) in [6, 6.07) is 8.15. The van der Waals surface area contributed by atoms with Crippen molar-refractivity contribution in [2.45, 2.75) is 57.4 Å². The summed E-state index contributed by atoms with van der Waals surface area (Å²) in [6.45, 7) is 13.8. The quantitative estimate of drug-likeness (QED) is 0.715. The molecule has 0 saturated heterocycles. The van der Waals surface area contributed by atoms with Crippen LogP contribution in [0.1, 0.15) is 47.1 Å². The molecule has 0 fully saturated rings. The molecule has 1 aromatic heterocycles. The second kappa shape index (κ2) is 8.04. The number of hydrogen-bond acceptors (Lipinski definition) is 5. The Labute approximate surface area is 154 Å². The summed E-state index contributed by atoms with van der Waals surface area (Å²) in [5.41, 5.74) is 2.24. The number of nitrogens with zero attached hydrogens (tertiary/aromatic N) is 3. The van der Waals surface area contributed by atoms with Crippen molar-refractivity contribution in [3.63, 3.8) is 0 Å². The molecule has 25 heavy (non-hydrogen) atoms. The van der Waals surface area contributed by atoms with Crippen LogP contribution in [0, 0.1) is 0 Å². The van der Waals surface area contributed by atoms with E-state index in [0.717, 1.165) is 5.56 Å². The van der Waals surface area contributed by atoms with Crippen LogP contribution in [-0.4, -0.2) is 39.3 Å². The first-order valence-corrected chi connectivity index (χ1v) is 9.54. The fourth-order valence-electron chi connectivity index (χ4n) is 2.48. The third-order valence-corrected chi connectivity index (χ3v) is 5.03. The van der Waals surface area contributed by atoms with Gasteiger partial charge in [0.1, 0.15) is 0 Å². The van der Waals surface area contributed by atoms with Crippen LogP contribution in [0.15, 0.2) is 33.9 Å². The van der Waals surface area contributed by atoms with Gasteiger partial charge in [0, 0.05) is 18.7 Å². The molecule has 0 aliphatic heterocycles. The molecule has 0 saturated carbocycles. The van der Waals surface area contributed by atoms with Gasteiger partial charge in [0.05, 0.1) is 5.25 Å². The van der Waals surface area contributed by atoms with E-state index in [9.17, 15) is 4.79 Å². The average Bonchev–Trinajstić information content (AvgIpc) is 3.03. The first-order valence-electron chi connectivity index (χ1n) is 8.66. The first kappa shape index (κ1) is 19.5. The van der Waals surface area contributed by atoms with E-state index in [1.165, 1.54) is 17.3 Å². The van der Waals surface area contributed by atoms with Crippen molar-refractivity contribution in [2.75, 3.05) is 13.1 Å². The van der Waals surface area contributed by atoms with Gasteiger partial charge < -0.3 is 9.32 Å². The minimum atomic E-state index is -0.253. The van der Waals surface area contributed by atoms with Crippen LogP contribution in [0.3, 0.4) is 0 Å². The zero-order valence-electron chi connectivity index (χ0n) is 15.9. The van der Waals surface area contributed by atoms with E-state index in [0.29, 0.717) is 24.2 Å². The van der Waals surface area contributed by atoms with Crippen molar-refractivity contribution >= 4 is 17.7 Å². The van der Waals surface area contributed by atoms with Crippen LogP contribution in [0.2, 0.25) is 0 Å². The number of carbonyl (C=O) groups is 1. The molecular formula is C19H27N3O2S. The standard InChI is InChI=1S/C19H27N3O2S/c1-7-22(8-2)17(23)13(3)25-18-21-20-16(24-18)14-9-11-15(12-10-14)19(4,5)6/h9-13H,7-8H2,1-6H3. The molecule has 2 rings (SSSR count). The number of rotatable bonds is 6. The molecule has 0 N–H and O–H groups in total. The topological polar surface area (TPSA) is 59.2 Å². The molecule has 1 aromatic carbocycles. The summed E-state index contributed by atoms with van der Waals surface area (Å²) in [4.78, 5) is 14.1. The van der Waals surface area contributed by atoms with Gasteiger partial charge in [-0.3, -0.25) is 4.79 Å². The average molecular weight is 362 g/mol. The number of amides is 1. The lowest BCUT2D eigenvalue weighted by atomic mass is 9.87. The predicted octanol–water partition coefficient (Wildman–Crippen LogP) is 4.38. The zero-order chi connectivity index (χ0) is 18.6. The lowest BCUT2D eigenvalue weighted by molar-refractivity contribution is -0.129. The Morgan fingerprint density at radius 3 is 2.28 bits per heavy atom. The summed E-state index contributed by atoms with van der Waals surface area (Å²) in [7, 11) is 0. The van der Waals surface area contributed by atoms with Gasteiger partial charge in [0.25, 0.3) is 5.22 Å². The van der Waals surface area contributed by atoms with Crippen LogP contribution in [0.4, 0.5) is 0 Å². The van der Waals surface area contributed by atoms with E-state index in [4.69, 9.17) is 4.42 Å². The van der Waals surface area contributed by atoms with Gasteiger partial charge in [-0.1, -0.05) is 44.7 Å². The minimum absolute atomic E-state index is 0.0873. The summed E-state index contributed by atoms with van der Waals surface area (Å²) >= 11 is 1.30. The van der Waals surface area contributed by atoms with Gasteiger partial charge in [-0.25, -0.2) is 0 Å². The van der Waals surface area contributed by atoms with E-state index in [1.807, 2.05) is 32.9 Å². The highest BCUT2D eigenvalue weighted by Gasteiger charge is 2.22. The van der Waals surface area contributed by atoms with Gasteiger partial charge in [-0.2, -0.15) is 0 Å². The zero-order valence-corrected chi connectivity index (χ0v) is 16.7. The van der Waals surface area contributed by atoms with E-state index in [-0.39, 0.29) is 16.6 Å². The number of carbonyl (C=O) groups excluding carboxylic acids is 1. The van der Waals surface area contributed by atoms with Gasteiger partial charge in [-0.05, 0) is 43.9 Å². The highest BCUT2D eigenvalue weighted by molar-refractivity contribution is 8.00. The molecule has 1 atom stereocenters. The fraction of sp³-hybridized carbons (Fsp3) is 0.526. The second-order valence-electron chi connectivity index (χ2n) is 6.97. The van der Waals surface area contributed by atoms with Gasteiger partial charge in [0.2, 0.25) is 11.8 Å². The molecular weight excluding hydrogens is 334 g/mol. The fourth-order valence-corrected chi connectivity index (χ4v) is 3.25. The number of benzene rings is 1. The third-order valence-electron chi connectivity index (χ3n) is 4.10. The highest BCUT2D eigenvalue weighted by Crippen LogP contribution is 2.29. The molecule has 1 amide bonds. The molecule has 1 heterocycles. The first-order chi connectivity index (χ1) is 11.8.